The number of ether oxygens (including phenoxy) is 2. The van der Waals surface area contributed by atoms with E-state index in [1.54, 1.807) is 0 Å². The van der Waals surface area contributed by atoms with E-state index in [0.717, 1.165) is 48.4 Å². The van der Waals surface area contributed by atoms with Crippen LogP contribution in [-0.2, 0) is 11.3 Å². The number of hydrogen-bond donors (Lipinski definition) is 0. The monoisotopic (exact) mass is 447 g/mol. The van der Waals surface area contributed by atoms with E-state index >= 15 is 0 Å². The minimum Gasteiger partial charge on any atom is -0.490 e. The molecule has 8 heteroatoms. The van der Waals surface area contributed by atoms with Crippen LogP contribution in [0.3, 0.4) is 0 Å². The van der Waals surface area contributed by atoms with Crippen molar-refractivity contribution in [3.8, 4) is 22.9 Å². The molecule has 3 aromatic rings. The van der Waals surface area contributed by atoms with E-state index < -0.39 is 0 Å². The Morgan fingerprint density at radius 3 is 2.64 bits per heavy atom. The average molecular weight is 448 g/mol. The summed E-state index contributed by atoms with van der Waals surface area (Å²) in [5.41, 5.74) is 3.23. The molecule has 1 saturated heterocycles. The van der Waals surface area contributed by atoms with Crippen molar-refractivity contribution >= 4 is 5.91 Å². The molecule has 1 fully saturated rings. The van der Waals surface area contributed by atoms with Crippen LogP contribution in [0.5, 0.6) is 11.5 Å². The molecule has 8 nitrogen and oxygen atoms in total. The van der Waals surface area contributed by atoms with E-state index in [-0.39, 0.29) is 18.5 Å². The Morgan fingerprint density at radius 2 is 1.85 bits per heavy atom. The number of hydrogen-bond acceptors (Lipinski definition) is 6. The third-order valence-electron chi connectivity index (χ3n) is 6.29. The van der Waals surface area contributed by atoms with Gasteiger partial charge in [-0.05, 0) is 47.2 Å². The second kappa shape index (κ2) is 9.21. The zero-order valence-corrected chi connectivity index (χ0v) is 19.1. The van der Waals surface area contributed by atoms with Gasteiger partial charge in [-0.3, -0.25) is 4.79 Å². The van der Waals surface area contributed by atoms with E-state index in [1.807, 2.05) is 35.2 Å². The van der Waals surface area contributed by atoms with Gasteiger partial charge in [0.25, 0.3) is 0 Å². The van der Waals surface area contributed by atoms with Gasteiger partial charge in [0.05, 0.1) is 19.3 Å². The highest BCUT2D eigenvalue weighted by Crippen LogP contribution is 2.38. The van der Waals surface area contributed by atoms with Gasteiger partial charge in [-0.15, -0.1) is 10.2 Å². The number of carbonyl (C=O) groups is 1. The highest BCUT2D eigenvalue weighted by atomic mass is 16.5. The summed E-state index contributed by atoms with van der Waals surface area (Å²) in [6, 6.07) is 14.2. The lowest BCUT2D eigenvalue weighted by Gasteiger charge is -2.25. The lowest BCUT2D eigenvalue weighted by atomic mass is 10.0. The first-order chi connectivity index (χ1) is 16.1. The fraction of sp³-hybridized carbons (Fsp3) is 0.440. The lowest BCUT2D eigenvalue weighted by Crippen LogP contribution is -2.34. The first-order valence-corrected chi connectivity index (χ1v) is 11.7. The quantitative estimate of drug-likeness (QED) is 0.588. The summed E-state index contributed by atoms with van der Waals surface area (Å²) in [5.74, 6) is 2.51. The van der Waals surface area contributed by atoms with Crippen molar-refractivity contribution < 1.29 is 14.3 Å². The maximum absolute atomic E-state index is 13.1. The molecule has 0 bridgehead atoms. The van der Waals surface area contributed by atoms with Gasteiger partial charge in [0.15, 0.2) is 11.5 Å². The Hall–Kier alpha value is -3.42. The summed E-state index contributed by atoms with van der Waals surface area (Å²) in [6.45, 7) is 6.41. The fourth-order valence-corrected chi connectivity index (χ4v) is 4.45. The SMILES string of the molecule is CC(C)c1ccc(-c2nnn(CC(=O)N3CCC[C@H]3c3ccc4c(c3)OCCCO4)n2)cc1. The van der Waals surface area contributed by atoms with E-state index in [9.17, 15) is 4.79 Å². The number of tetrazole rings is 1. The third-order valence-corrected chi connectivity index (χ3v) is 6.29. The number of rotatable bonds is 5. The molecule has 0 N–H and O–H groups in total. The van der Waals surface area contributed by atoms with Gasteiger partial charge in [0.1, 0.15) is 6.54 Å². The molecular formula is C25H29N5O3. The van der Waals surface area contributed by atoms with E-state index in [2.05, 4.69) is 41.4 Å². The Balaban J connectivity index is 1.28. The van der Waals surface area contributed by atoms with Crippen molar-refractivity contribution in [2.75, 3.05) is 19.8 Å². The van der Waals surface area contributed by atoms with Crippen molar-refractivity contribution in [3.63, 3.8) is 0 Å². The molecular weight excluding hydrogens is 418 g/mol. The Kier molecular flexibility index (Phi) is 5.98. The minimum absolute atomic E-state index is 0.0104. The van der Waals surface area contributed by atoms with Crippen LogP contribution in [0.15, 0.2) is 42.5 Å². The predicted octanol–water partition coefficient (Wildman–Crippen LogP) is 3.99. The fourth-order valence-electron chi connectivity index (χ4n) is 4.45. The van der Waals surface area contributed by atoms with Gasteiger partial charge in [-0.2, -0.15) is 4.80 Å². The molecule has 1 amide bonds. The summed E-state index contributed by atoms with van der Waals surface area (Å²) in [4.78, 5) is 16.5. The van der Waals surface area contributed by atoms with Crippen LogP contribution in [0.25, 0.3) is 11.4 Å². The molecule has 33 heavy (non-hydrogen) atoms. The second-order valence-electron chi connectivity index (χ2n) is 8.92. The number of amides is 1. The summed E-state index contributed by atoms with van der Waals surface area (Å²) in [7, 11) is 0. The van der Waals surface area contributed by atoms with Crippen LogP contribution in [0.1, 0.15) is 56.2 Å². The number of likely N-dealkylation sites (tertiary alicyclic amines) is 1. The molecule has 1 atom stereocenters. The van der Waals surface area contributed by atoms with Gasteiger partial charge in [-0.25, -0.2) is 0 Å². The standard InChI is InChI=1S/C25H29N5O3/c1-17(2)18-6-8-19(9-7-18)25-26-28-30(27-25)16-24(31)29-12-3-5-21(29)20-10-11-22-23(15-20)33-14-4-13-32-22/h6-11,15,17,21H,3-5,12-14,16H2,1-2H3/t21-/m0/s1. The summed E-state index contributed by atoms with van der Waals surface area (Å²) < 4.78 is 11.6. The summed E-state index contributed by atoms with van der Waals surface area (Å²) >= 11 is 0. The van der Waals surface area contributed by atoms with Gasteiger partial charge < -0.3 is 14.4 Å². The molecule has 0 saturated carbocycles. The highest BCUT2D eigenvalue weighted by molar-refractivity contribution is 5.76. The summed E-state index contributed by atoms with van der Waals surface area (Å²) in [5, 5.41) is 12.7. The molecule has 0 spiro atoms. The number of benzene rings is 2. The van der Waals surface area contributed by atoms with E-state index in [1.165, 1.54) is 10.4 Å². The average Bonchev–Trinajstić information content (AvgIpc) is 3.44. The van der Waals surface area contributed by atoms with Gasteiger partial charge in [0, 0.05) is 18.5 Å². The number of nitrogens with zero attached hydrogens (tertiary/aromatic N) is 5. The first-order valence-electron chi connectivity index (χ1n) is 11.7. The largest absolute Gasteiger partial charge is 0.490 e. The van der Waals surface area contributed by atoms with Crippen LogP contribution >= 0.6 is 0 Å². The van der Waals surface area contributed by atoms with Crippen molar-refractivity contribution in [2.24, 2.45) is 0 Å². The zero-order chi connectivity index (χ0) is 22.8. The van der Waals surface area contributed by atoms with Crippen molar-refractivity contribution in [1.82, 2.24) is 25.1 Å². The topological polar surface area (TPSA) is 82.4 Å². The third kappa shape index (κ3) is 4.55. The molecule has 1 aromatic heterocycles. The van der Waals surface area contributed by atoms with Gasteiger partial charge in [-0.1, -0.05) is 44.2 Å². The maximum Gasteiger partial charge on any atom is 0.246 e. The molecule has 0 radical (unpaired) electrons. The smallest absolute Gasteiger partial charge is 0.246 e. The van der Waals surface area contributed by atoms with Crippen molar-refractivity contribution in [3.05, 3.63) is 53.6 Å². The predicted molar refractivity (Wildman–Crippen MR) is 123 cm³/mol. The molecule has 3 heterocycles. The van der Waals surface area contributed by atoms with Crippen LogP contribution in [0.4, 0.5) is 0 Å². The van der Waals surface area contributed by atoms with E-state index in [4.69, 9.17) is 9.47 Å². The normalized spacial score (nSPS) is 17.9. The summed E-state index contributed by atoms with van der Waals surface area (Å²) in [6.07, 6.45) is 2.75. The van der Waals surface area contributed by atoms with Gasteiger partial charge >= 0.3 is 0 Å². The van der Waals surface area contributed by atoms with Crippen molar-refractivity contribution in [1.29, 1.82) is 0 Å². The Morgan fingerprint density at radius 1 is 1.06 bits per heavy atom. The molecule has 0 aliphatic carbocycles. The minimum atomic E-state index is -0.0104. The zero-order valence-electron chi connectivity index (χ0n) is 19.1. The van der Waals surface area contributed by atoms with Crippen LogP contribution in [0, 0.1) is 0 Å². The second-order valence-corrected chi connectivity index (χ2v) is 8.92. The molecule has 5 rings (SSSR count). The van der Waals surface area contributed by atoms with E-state index in [0.29, 0.717) is 25.0 Å². The van der Waals surface area contributed by atoms with Crippen LogP contribution in [0.2, 0.25) is 0 Å². The number of aromatic nitrogens is 4. The Bertz CT molecular complexity index is 1130. The van der Waals surface area contributed by atoms with Gasteiger partial charge in [0.2, 0.25) is 11.7 Å². The first kappa shape index (κ1) is 21.4. The molecule has 2 aliphatic heterocycles. The van der Waals surface area contributed by atoms with Crippen LogP contribution in [-0.4, -0.2) is 50.8 Å². The maximum atomic E-state index is 13.1. The Labute approximate surface area is 193 Å². The van der Waals surface area contributed by atoms with Crippen LogP contribution < -0.4 is 9.47 Å². The number of carbonyl (C=O) groups excluding carboxylic acids is 1. The molecule has 172 valence electrons. The molecule has 2 aromatic carbocycles. The van der Waals surface area contributed by atoms with Crippen molar-refractivity contribution in [2.45, 2.75) is 51.6 Å². The molecule has 2 aliphatic rings. The highest BCUT2D eigenvalue weighted by Gasteiger charge is 2.31. The number of fused-ring (bicyclic) bond motifs is 1. The molecule has 0 unspecified atom stereocenters. The lowest BCUT2D eigenvalue weighted by molar-refractivity contribution is -0.133.